The van der Waals surface area contributed by atoms with Gasteiger partial charge in [-0.2, -0.15) is 0 Å². The van der Waals surface area contributed by atoms with Gasteiger partial charge in [-0.05, 0) is 13.0 Å². The fraction of sp³-hybridized carbons (Fsp3) is 1.00. The van der Waals surface area contributed by atoms with Crippen molar-refractivity contribution in [2.45, 2.75) is 51.7 Å². The molecule has 0 amide bonds. The van der Waals surface area contributed by atoms with Crippen molar-refractivity contribution < 1.29 is 55.4 Å². The van der Waals surface area contributed by atoms with Gasteiger partial charge in [-0.15, -0.1) is 0 Å². The van der Waals surface area contributed by atoms with Gasteiger partial charge >= 0.3 is 52.8 Å². The van der Waals surface area contributed by atoms with E-state index < -0.39 is 71.9 Å². The predicted molar refractivity (Wildman–Crippen MR) is 132 cm³/mol. The van der Waals surface area contributed by atoms with E-state index in [1.54, 1.807) is 40.4 Å². The zero-order valence-corrected chi connectivity index (χ0v) is 29.0. The minimum absolute atomic E-state index is 0.0277. The minimum Gasteiger partial charge on any atom is -0.417 e. The van der Waals surface area contributed by atoms with E-state index in [1.807, 2.05) is 13.1 Å². The number of aliphatic hydroxyl groups excluding tert-OH is 1. The average Bonchev–Trinajstić information content (AvgIpc) is 2.64. The highest BCUT2D eigenvalue weighted by Crippen LogP contribution is 2.41. The van der Waals surface area contributed by atoms with E-state index in [9.17, 15) is 5.11 Å². The van der Waals surface area contributed by atoms with E-state index in [1.165, 1.54) is 0 Å². The van der Waals surface area contributed by atoms with Crippen molar-refractivity contribution >= 4 is 71.9 Å². The quantitative estimate of drug-likeness (QED) is 0.413. The summed E-state index contributed by atoms with van der Waals surface area (Å²) in [5.41, 5.74) is 0. The van der Waals surface area contributed by atoms with Gasteiger partial charge in [0.2, 0.25) is 0 Å². The number of rotatable bonds is 3. The molecule has 194 valence electrons. The van der Waals surface area contributed by atoms with Crippen LogP contribution in [0, 0.1) is 0 Å². The summed E-state index contributed by atoms with van der Waals surface area (Å²) in [7, 11) is -20.3. The van der Waals surface area contributed by atoms with Gasteiger partial charge in [-0.3, -0.25) is 0 Å². The Balaban J connectivity index is 0.000000968. The lowest BCUT2D eigenvalue weighted by atomic mass is 10.5. The fourth-order valence-electron chi connectivity index (χ4n) is 4.05. The Bertz CT molecular complexity index is 702. The first kappa shape index (κ1) is 28.8. The second kappa shape index (κ2) is 10.5. The monoisotopic (exact) mass is 612 g/mol. The molecule has 0 saturated carbocycles. The highest BCUT2D eigenvalue weighted by atomic mass is 28.6. The molecule has 0 aromatic heterocycles. The molecule has 4 fully saturated rings. The maximum atomic E-state index is 9.46. The predicted octanol–water partition coefficient (Wildman–Crippen LogP) is -0.458. The molecule has 1 N–H and O–H groups in total. The summed E-state index contributed by atoms with van der Waals surface area (Å²) in [6.07, 6.45) is 0.796. The Morgan fingerprint density at radius 3 is 1.97 bits per heavy atom. The van der Waals surface area contributed by atoms with Crippen LogP contribution in [0.4, 0.5) is 0 Å². The van der Waals surface area contributed by atoms with E-state index >= 15 is 0 Å². The summed E-state index contributed by atoms with van der Waals surface area (Å²) < 4.78 is 74.6. The molecule has 4 saturated heterocycles. The van der Waals surface area contributed by atoms with E-state index in [2.05, 4.69) is 4.74 Å². The third-order valence-corrected chi connectivity index (χ3v) is 35.8. The maximum absolute atomic E-state index is 9.46. The molecule has 6 bridgehead atoms. The lowest BCUT2D eigenvalue weighted by Gasteiger charge is -2.53. The molecule has 0 spiro atoms. The molecule has 0 aromatic rings. The van der Waals surface area contributed by atoms with Crippen molar-refractivity contribution in [3.05, 3.63) is 0 Å². The van der Waals surface area contributed by atoms with E-state index in [-0.39, 0.29) is 6.61 Å². The number of ether oxygens (including phenoxy) is 1. The van der Waals surface area contributed by atoms with Crippen LogP contribution in [0.1, 0.15) is 6.42 Å². The Labute approximate surface area is 205 Å². The van der Waals surface area contributed by atoms with Crippen LogP contribution in [-0.4, -0.2) is 104 Å². The topological polar surface area (TPSA) is 131 Å². The molecule has 7 unspecified atom stereocenters. The maximum Gasteiger partial charge on any atom is 0.482 e. The standard InChI is InChI=1S/C10H30O12Si8.C2H6O/c1-24-10-12-25(2)16-28(5)19-27(4,15-24)17-26(3)13-23-14-30(21-25,9-7-8-11)22-29(6,18-26)20-28;1-3-2/h11,24H,7-10,23H2,1-6H3;1-2H3. The molecule has 0 aliphatic carbocycles. The van der Waals surface area contributed by atoms with Crippen LogP contribution in [0.2, 0.25) is 45.3 Å². The molecule has 4 rings (SSSR count). The number of aliphatic hydroxyl groups is 1. The summed E-state index contributed by atoms with van der Waals surface area (Å²) in [4.78, 5) is 0. The molecular formula is C12H36O13Si8. The lowest BCUT2D eigenvalue weighted by Crippen LogP contribution is -2.78. The van der Waals surface area contributed by atoms with Crippen LogP contribution in [0.25, 0.3) is 0 Å². The first-order chi connectivity index (χ1) is 15.2. The summed E-state index contributed by atoms with van der Waals surface area (Å²) in [5, 5.41) is 9.46. The second-order valence-electron chi connectivity index (χ2n) is 8.59. The van der Waals surface area contributed by atoms with Crippen LogP contribution in [-0.2, 0) is 50.3 Å². The van der Waals surface area contributed by atoms with Gasteiger partial charge in [0.15, 0.2) is 9.04 Å². The Morgan fingerprint density at radius 2 is 1.30 bits per heavy atom. The second-order valence-corrected chi connectivity index (χ2v) is 30.5. The van der Waals surface area contributed by atoms with E-state index in [4.69, 9.17) is 45.6 Å². The first-order valence-corrected chi connectivity index (χ1v) is 27.4. The smallest absolute Gasteiger partial charge is 0.417 e. The van der Waals surface area contributed by atoms with Crippen molar-refractivity contribution in [3.8, 4) is 0 Å². The number of methoxy groups -OCH3 is 1. The Hall–Kier alpha value is 1.22. The zero-order chi connectivity index (χ0) is 24.6. The number of hydrogen-bond donors (Lipinski definition) is 1. The van der Waals surface area contributed by atoms with Gasteiger partial charge in [-0.25, -0.2) is 0 Å². The number of fused-ring (bicyclic) bond motifs is 4. The molecule has 13 nitrogen and oxygen atoms in total. The Morgan fingerprint density at radius 1 is 0.788 bits per heavy atom. The van der Waals surface area contributed by atoms with Crippen molar-refractivity contribution in [2.24, 2.45) is 0 Å². The van der Waals surface area contributed by atoms with Gasteiger partial charge in [0.1, 0.15) is 0 Å². The molecule has 7 atom stereocenters. The van der Waals surface area contributed by atoms with E-state index in [0.717, 1.165) is 0 Å². The molecule has 4 aliphatic rings. The molecule has 0 radical (unpaired) electrons. The lowest BCUT2D eigenvalue weighted by molar-refractivity contribution is 0.0343. The zero-order valence-electron chi connectivity index (χ0n) is 20.5. The summed E-state index contributed by atoms with van der Waals surface area (Å²) in [5.74, 6) is 0. The molecule has 21 heteroatoms. The van der Waals surface area contributed by atoms with Crippen molar-refractivity contribution in [2.75, 3.05) is 27.1 Å². The highest BCUT2D eigenvalue weighted by molar-refractivity contribution is 6.96. The van der Waals surface area contributed by atoms with Crippen molar-refractivity contribution in [3.63, 3.8) is 0 Å². The molecule has 33 heavy (non-hydrogen) atoms. The molecule has 0 aromatic carbocycles. The van der Waals surface area contributed by atoms with Gasteiger partial charge < -0.3 is 55.4 Å². The van der Waals surface area contributed by atoms with E-state index in [0.29, 0.717) is 18.7 Å². The number of hydrogen-bond acceptors (Lipinski definition) is 13. The SMILES string of the molecule is COC.C[SiH]1CO[Si]2(C)O[Si]3(C)O[Si](C)(O1)O[Si]1(C)O[SiH2]O[Si](CCCO)(O2)O[Si](C)(O1)O3. The van der Waals surface area contributed by atoms with Gasteiger partial charge in [0, 0.05) is 59.6 Å². The average molecular weight is 613 g/mol. The van der Waals surface area contributed by atoms with Crippen LogP contribution in [0.15, 0.2) is 0 Å². The summed E-state index contributed by atoms with van der Waals surface area (Å²) >= 11 is 0. The van der Waals surface area contributed by atoms with Crippen LogP contribution >= 0.6 is 0 Å². The minimum atomic E-state index is -3.44. The van der Waals surface area contributed by atoms with Crippen LogP contribution < -0.4 is 0 Å². The molecule has 4 heterocycles. The third kappa shape index (κ3) is 7.16. The summed E-state index contributed by atoms with van der Waals surface area (Å²) in [6.45, 7) is 10.9. The third-order valence-electron chi connectivity index (χ3n) is 4.77. The van der Waals surface area contributed by atoms with Gasteiger partial charge in [0.25, 0.3) is 10.0 Å². The first-order valence-electron chi connectivity index (χ1n) is 10.7. The van der Waals surface area contributed by atoms with Gasteiger partial charge in [-0.1, -0.05) is 0 Å². The van der Waals surface area contributed by atoms with Crippen molar-refractivity contribution in [1.82, 2.24) is 0 Å². The Kier molecular flexibility index (Phi) is 9.18. The fourth-order valence-corrected chi connectivity index (χ4v) is 41.9. The van der Waals surface area contributed by atoms with Gasteiger partial charge in [0.05, 0.1) is 6.23 Å². The molecule has 4 aliphatic heterocycles. The van der Waals surface area contributed by atoms with Crippen LogP contribution in [0.3, 0.4) is 0 Å². The molecular weight excluding hydrogens is 577 g/mol. The largest absolute Gasteiger partial charge is 0.482 e. The summed E-state index contributed by atoms with van der Waals surface area (Å²) in [6, 6.07) is 0.374. The highest BCUT2D eigenvalue weighted by Gasteiger charge is 2.71. The van der Waals surface area contributed by atoms with Crippen LogP contribution in [0.5, 0.6) is 0 Å². The van der Waals surface area contributed by atoms with Crippen molar-refractivity contribution in [1.29, 1.82) is 0 Å². The normalized spacial score (nSPS) is 50.6.